The minimum absolute atomic E-state index is 0.0799. The molecule has 114 valence electrons. The molecule has 0 spiro atoms. The summed E-state index contributed by atoms with van der Waals surface area (Å²) in [5.41, 5.74) is 1.37. The molecular weight excluding hydrogens is 285 g/mol. The molecule has 0 bridgehead atoms. The van der Waals surface area contributed by atoms with Crippen molar-refractivity contribution in [1.29, 1.82) is 0 Å². The lowest BCUT2D eigenvalue weighted by atomic mass is 10.1. The van der Waals surface area contributed by atoms with Crippen LogP contribution < -0.4 is 0 Å². The highest BCUT2D eigenvalue weighted by atomic mass is 19.4. The smallest absolute Gasteiger partial charge is 0.388 e. The van der Waals surface area contributed by atoms with Crippen LogP contribution in [0.5, 0.6) is 0 Å². The molecule has 2 rings (SSSR count). The Morgan fingerprint density at radius 1 is 1.24 bits per heavy atom. The van der Waals surface area contributed by atoms with E-state index in [0.29, 0.717) is 5.56 Å². The van der Waals surface area contributed by atoms with Crippen LogP contribution in [0.2, 0.25) is 0 Å². The van der Waals surface area contributed by atoms with Crippen molar-refractivity contribution in [1.82, 2.24) is 9.78 Å². The molecule has 1 atom stereocenters. The van der Waals surface area contributed by atoms with Crippen molar-refractivity contribution in [3.05, 3.63) is 48.3 Å². The number of ether oxygens (including phenoxy) is 1. The number of aromatic nitrogens is 2. The van der Waals surface area contributed by atoms with Gasteiger partial charge in [-0.25, -0.2) is 4.68 Å². The minimum atomic E-state index is -4.34. The van der Waals surface area contributed by atoms with Gasteiger partial charge in [0.2, 0.25) is 0 Å². The maximum atomic E-state index is 11.9. The van der Waals surface area contributed by atoms with Gasteiger partial charge in [0.25, 0.3) is 0 Å². The lowest BCUT2D eigenvalue weighted by Gasteiger charge is -2.10. The summed E-state index contributed by atoms with van der Waals surface area (Å²) >= 11 is 0. The van der Waals surface area contributed by atoms with E-state index in [1.54, 1.807) is 10.9 Å². The SMILES string of the molecule is OC(CCOCC(F)(F)F)c1cnn(-c2ccccc2)c1. The number of aliphatic hydroxyl groups excluding tert-OH is 1. The van der Waals surface area contributed by atoms with Gasteiger partial charge in [-0.1, -0.05) is 18.2 Å². The lowest BCUT2D eigenvalue weighted by Crippen LogP contribution is -2.18. The third-order valence-corrected chi connectivity index (χ3v) is 2.81. The van der Waals surface area contributed by atoms with Gasteiger partial charge in [0, 0.05) is 24.8 Å². The number of benzene rings is 1. The summed E-state index contributed by atoms with van der Waals surface area (Å²) in [4.78, 5) is 0. The van der Waals surface area contributed by atoms with Crippen molar-refractivity contribution >= 4 is 0 Å². The molecule has 1 N–H and O–H groups in total. The molecule has 1 heterocycles. The molecule has 0 amide bonds. The van der Waals surface area contributed by atoms with Crippen LogP contribution in [0.15, 0.2) is 42.7 Å². The predicted molar refractivity (Wildman–Crippen MR) is 70.0 cm³/mol. The zero-order chi connectivity index (χ0) is 15.3. The number of nitrogens with zero attached hydrogens (tertiary/aromatic N) is 2. The normalized spacial score (nSPS) is 13.3. The van der Waals surface area contributed by atoms with Gasteiger partial charge < -0.3 is 9.84 Å². The molecule has 1 unspecified atom stereocenters. The molecule has 4 nitrogen and oxygen atoms in total. The first-order valence-corrected chi connectivity index (χ1v) is 6.38. The molecule has 21 heavy (non-hydrogen) atoms. The minimum Gasteiger partial charge on any atom is -0.388 e. The van der Waals surface area contributed by atoms with Crippen LogP contribution >= 0.6 is 0 Å². The summed E-state index contributed by atoms with van der Waals surface area (Å²) in [6, 6.07) is 9.31. The van der Waals surface area contributed by atoms with Crippen molar-refractivity contribution in [2.45, 2.75) is 18.7 Å². The van der Waals surface area contributed by atoms with Gasteiger partial charge in [0.05, 0.1) is 18.0 Å². The number of hydrogen-bond donors (Lipinski definition) is 1. The highest BCUT2D eigenvalue weighted by Crippen LogP contribution is 2.19. The van der Waals surface area contributed by atoms with E-state index in [1.165, 1.54) is 6.20 Å². The molecule has 0 aliphatic carbocycles. The van der Waals surface area contributed by atoms with Gasteiger partial charge in [-0.05, 0) is 12.1 Å². The van der Waals surface area contributed by atoms with Crippen LogP contribution in [-0.4, -0.2) is 34.3 Å². The molecule has 0 aliphatic heterocycles. The largest absolute Gasteiger partial charge is 0.411 e. The van der Waals surface area contributed by atoms with E-state index in [9.17, 15) is 18.3 Å². The third-order valence-electron chi connectivity index (χ3n) is 2.81. The van der Waals surface area contributed by atoms with Crippen LogP contribution in [0, 0.1) is 0 Å². The van der Waals surface area contributed by atoms with Crippen LogP contribution in [0.4, 0.5) is 13.2 Å². The molecular formula is C14H15F3N2O2. The quantitative estimate of drug-likeness (QED) is 0.835. The van der Waals surface area contributed by atoms with E-state index < -0.39 is 18.9 Å². The number of hydrogen-bond acceptors (Lipinski definition) is 3. The summed E-state index contributed by atoms with van der Waals surface area (Å²) in [5, 5.41) is 14.0. The summed E-state index contributed by atoms with van der Waals surface area (Å²) in [5.74, 6) is 0. The van der Waals surface area contributed by atoms with E-state index in [2.05, 4.69) is 9.84 Å². The fraction of sp³-hybridized carbons (Fsp3) is 0.357. The van der Waals surface area contributed by atoms with Crippen molar-refractivity contribution in [3.63, 3.8) is 0 Å². The number of para-hydroxylation sites is 1. The Balaban J connectivity index is 1.86. The number of halogens is 3. The van der Waals surface area contributed by atoms with Gasteiger partial charge >= 0.3 is 6.18 Å². The Bertz CT molecular complexity index is 555. The zero-order valence-corrected chi connectivity index (χ0v) is 11.1. The Kier molecular flexibility index (Phi) is 4.98. The van der Waals surface area contributed by atoms with Crippen LogP contribution in [0.25, 0.3) is 5.69 Å². The fourth-order valence-electron chi connectivity index (χ4n) is 1.78. The van der Waals surface area contributed by atoms with Crippen molar-refractivity contribution in [2.75, 3.05) is 13.2 Å². The zero-order valence-electron chi connectivity index (χ0n) is 11.1. The van der Waals surface area contributed by atoms with Gasteiger partial charge in [-0.3, -0.25) is 0 Å². The number of aliphatic hydroxyl groups is 1. The predicted octanol–water partition coefficient (Wildman–Crippen LogP) is 2.87. The summed E-state index contributed by atoms with van der Waals surface area (Å²) in [7, 11) is 0. The topological polar surface area (TPSA) is 47.3 Å². The van der Waals surface area contributed by atoms with Gasteiger partial charge in [-0.2, -0.15) is 18.3 Å². The monoisotopic (exact) mass is 300 g/mol. The lowest BCUT2D eigenvalue weighted by molar-refractivity contribution is -0.175. The van der Waals surface area contributed by atoms with Gasteiger partial charge in [0.15, 0.2) is 0 Å². The molecule has 1 aromatic heterocycles. The van der Waals surface area contributed by atoms with Crippen molar-refractivity contribution in [2.24, 2.45) is 0 Å². The molecule has 7 heteroatoms. The van der Waals surface area contributed by atoms with Crippen molar-refractivity contribution in [3.8, 4) is 5.69 Å². The average Bonchev–Trinajstić information content (AvgIpc) is 2.93. The first-order chi connectivity index (χ1) is 9.96. The van der Waals surface area contributed by atoms with Gasteiger partial charge in [-0.15, -0.1) is 0 Å². The molecule has 0 saturated carbocycles. The second-order valence-corrected chi connectivity index (χ2v) is 4.53. The molecule has 0 saturated heterocycles. The molecule has 2 aromatic rings. The average molecular weight is 300 g/mol. The molecule has 0 fully saturated rings. The van der Waals surface area contributed by atoms with E-state index in [4.69, 9.17) is 0 Å². The fourth-order valence-corrected chi connectivity index (χ4v) is 1.78. The Hall–Kier alpha value is -1.86. The Labute approximate surface area is 119 Å². The Morgan fingerprint density at radius 3 is 2.62 bits per heavy atom. The molecule has 1 aromatic carbocycles. The van der Waals surface area contributed by atoms with E-state index >= 15 is 0 Å². The van der Waals surface area contributed by atoms with Crippen LogP contribution in [0.3, 0.4) is 0 Å². The van der Waals surface area contributed by atoms with Crippen molar-refractivity contribution < 1.29 is 23.0 Å². The Morgan fingerprint density at radius 2 is 1.95 bits per heavy atom. The summed E-state index contributed by atoms with van der Waals surface area (Å²) in [6.07, 6.45) is -2.04. The second kappa shape index (κ2) is 6.73. The van der Waals surface area contributed by atoms with Crippen LogP contribution in [-0.2, 0) is 4.74 Å². The molecule has 0 aliphatic rings. The maximum Gasteiger partial charge on any atom is 0.411 e. The van der Waals surface area contributed by atoms with Crippen LogP contribution in [0.1, 0.15) is 18.1 Å². The second-order valence-electron chi connectivity index (χ2n) is 4.53. The highest BCUT2D eigenvalue weighted by molar-refractivity contribution is 5.31. The van der Waals surface area contributed by atoms with E-state index in [-0.39, 0.29) is 13.0 Å². The number of rotatable bonds is 6. The summed E-state index contributed by atoms with van der Waals surface area (Å²) in [6.45, 7) is -1.47. The first-order valence-electron chi connectivity index (χ1n) is 6.38. The van der Waals surface area contributed by atoms with E-state index in [1.807, 2.05) is 30.3 Å². The third kappa shape index (κ3) is 4.87. The van der Waals surface area contributed by atoms with E-state index in [0.717, 1.165) is 5.69 Å². The number of alkyl halides is 3. The summed E-state index contributed by atoms with van der Waals surface area (Å²) < 4.78 is 41.7. The molecule has 0 radical (unpaired) electrons. The van der Waals surface area contributed by atoms with Gasteiger partial charge in [0.1, 0.15) is 6.61 Å². The highest BCUT2D eigenvalue weighted by Gasteiger charge is 2.27. The standard InChI is InChI=1S/C14H15F3N2O2/c15-14(16,17)10-21-7-6-13(20)11-8-18-19(9-11)12-4-2-1-3-5-12/h1-5,8-9,13,20H,6-7,10H2. The first kappa shape index (κ1) is 15.5. The maximum absolute atomic E-state index is 11.9.